The minimum atomic E-state index is 0.320. The van der Waals surface area contributed by atoms with Crippen LogP contribution >= 0.6 is 11.8 Å². The topological polar surface area (TPSA) is 45.4 Å². The van der Waals surface area contributed by atoms with E-state index in [1.165, 1.54) is 0 Å². The molecule has 1 heterocycles. The fourth-order valence-corrected chi connectivity index (χ4v) is 2.13. The molecule has 0 fully saturated rings. The van der Waals surface area contributed by atoms with Crippen LogP contribution in [0.4, 0.5) is 5.69 Å². The summed E-state index contributed by atoms with van der Waals surface area (Å²) in [5.74, 6) is 3.14. The summed E-state index contributed by atoms with van der Waals surface area (Å²) in [6, 6.07) is 9.47. The maximum atomic E-state index is 9.44. The highest BCUT2D eigenvalue weighted by molar-refractivity contribution is 7.97. The van der Waals surface area contributed by atoms with Crippen molar-refractivity contribution in [1.82, 2.24) is 0 Å². The van der Waals surface area contributed by atoms with Gasteiger partial charge in [-0.25, -0.2) is 0 Å². The highest BCUT2D eigenvalue weighted by Crippen LogP contribution is 2.21. The number of aryl methyl sites for hydroxylation is 1. The largest absolute Gasteiger partial charge is 0.508 e. The summed E-state index contributed by atoms with van der Waals surface area (Å²) in [6.07, 6.45) is 2.06. The first-order valence-corrected chi connectivity index (χ1v) is 7.18. The number of benzene rings is 1. The van der Waals surface area contributed by atoms with Crippen LogP contribution in [0.25, 0.3) is 0 Å². The van der Waals surface area contributed by atoms with Gasteiger partial charge in [0.05, 0.1) is 12.3 Å². The second kappa shape index (κ2) is 5.87. The van der Waals surface area contributed by atoms with Crippen molar-refractivity contribution in [2.45, 2.75) is 19.2 Å². The first-order valence-electron chi connectivity index (χ1n) is 5.79. The summed E-state index contributed by atoms with van der Waals surface area (Å²) in [5, 5.41) is 12.7. The summed E-state index contributed by atoms with van der Waals surface area (Å²) in [6.45, 7) is 2.53. The second-order valence-electron chi connectivity index (χ2n) is 4.16. The van der Waals surface area contributed by atoms with Gasteiger partial charge in [0.2, 0.25) is 0 Å². The van der Waals surface area contributed by atoms with E-state index in [1.807, 2.05) is 31.2 Å². The Bertz CT molecular complexity index is 522. The maximum Gasteiger partial charge on any atom is 0.123 e. The number of hydrogen-bond acceptors (Lipinski definition) is 4. The van der Waals surface area contributed by atoms with Gasteiger partial charge < -0.3 is 14.8 Å². The van der Waals surface area contributed by atoms with Crippen LogP contribution in [-0.2, 0) is 12.3 Å². The normalized spacial score (nSPS) is 10.6. The highest BCUT2D eigenvalue weighted by Gasteiger charge is 2.02. The van der Waals surface area contributed by atoms with Gasteiger partial charge in [0.25, 0.3) is 0 Å². The van der Waals surface area contributed by atoms with Crippen molar-refractivity contribution in [3.63, 3.8) is 0 Å². The Morgan fingerprint density at radius 1 is 1.22 bits per heavy atom. The summed E-state index contributed by atoms with van der Waals surface area (Å²) in [4.78, 5) is 0. The smallest absolute Gasteiger partial charge is 0.123 e. The van der Waals surface area contributed by atoms with Crippen LogP contribution in [-0.4, -0.2) is 11.4 Å². The van der Waals surface area contributed by atoms with E-state index in [0.717, 1.165) is 28.5 Å². The average molecular weight is 263 g/mol. The van der Waals surface area contributed by atoms with Crippen molar-refractivity contribution in [1.29, 1.82) is 0 Å². The Kier molecular flexibility index (Phi) is 4.20. The molecule has 0 saturated carbocycles. The molecular formula is C14H17NO2S. The van der Waals surface area contributed by atoms with Crippen LogP contribution in [0.2, 0.25) is 0 Å². The van der Waals surface area contributed by atoms with Crippen LogP contribution in [0, 0.1) is 6.92 Å². The molecule has 2 rings (SSSR count). The van der Waals surface area contributed by atoms with Gasteiger partial charge in [0, 0.05) is 5.69 Å². The Labute approximate surface area is 111 Å². The Balaban J connectivity index is 1.95. The molecule has 0 unspecified atom stereocenters. The number of hydrogen-bond donors (Lipinski definition) is 2. The molecule has 1 aromatic heterocycles. The molecule has 96 valence electrons. The van der Waals surface area contributed by atoms with Gasteiger partial charge in [-0.3, -0.25) is 0 Å². The van der Waals surface area contributed by atoms with E-state index in [2.05, 4.69) is 11.6 Å². The second-order valence-corrected chi connectivity index (χ2v) is 5.02. The molecule has 0 aliphatic heterocycles. The first-order chi connectivity index (χ1) is 8.69. The Morgan fingerprint density at radius 3 is 2.72 bits per heavy atom. The molecule has 3 nitrogen and oxygen atoms in total. The molecule has 2 aromatic rings. The summed E-state index contributed by atoms with van der Waals surface area (Å²) in [5.41, 5.74) is 1.84. The van der Waals surface area contributed by atoms with E-state index in [0.29, 0.717) is 12.3 Å². The molecule has 2 N–H and O–H groups in total. The van der Waals surface area contributed by atoms with E-state index in [4.69, 9.17) is 4.42 Å². The number of anilines is 1. The number of furan rings is 1. The minimum absolute atomic E-state index is 0.320. The monoisotopic (exact) mass is 263 g/mol. The molecule has 0 radical (unpaired) electrons. The minimum Gasteiger partial charge on any atom is -0.508 e. The number of aromatic hydroxyl groups is 1. The van der Waals surface area contributed by atoms with Gasteiger partial charge >= 0.3 is 0 Å². The first kappa shape index (κ1) is 12.9. The average Bonchev–Trinajstić information content (AvgIpc) is 2.79. The quantitative estimate of drug-likeness (QED) is 0.806. The number of nitrogens with one attached hydrogen (secondary N) is 1. The van der Waals surface area contributed by atoms with Gasteiger partial charge in [-0.05, 0) is 49.1 Å². The fraction of sp³-hybridized carbons (Fsp3) is 0.286. The van der Waals surface area contributed by atoms with E-state index in [1.54, 1.807) is 17.8 Å². The maximum absolute atomic E-state index is 9.44. The zero-order valence-electron chi connectivity index (χ0n) is 10.6. The van der Waals surface area contributed by atoms with Crippen molar-refractivity contribution in [2.75, 3.05) is 11.6 Å². The summed E-state index contributed by atoms with van der Waals surface area (Å²) in [7, 11) is 0. The van der Waals surface area contributed by atoms with Crippen LogP contribution in [0.5, 0.6) is 5.75 Å². The van der Waals surface area contributed by atoms with Gasteiger partial charge in [-0.1, -0.05) is 0 Å². The molecule has 0 aliphatic rings. The van der Waals surface area contributed by atoms with Crippen molar-refractivity contribution in [3.05, 3.63) is 47.4 Å². The van der Waals surface area contributed by atoms with Crippen molar-refractivity contribution >= 4 is 17.4 Å². The van der Waals surface area contributed by atoms with Crippen molar-refractivity contribution in [2.24, 2.45) is 0 Å². The molecule has 0 atom stereocenters. The number of thioether (sulfide) groups is 1. The molecule has 4 heteroatoms. The predicted octanol–water partition coefficient (Wildman–Crippen LogP) is 3.77. The van der Waals surface area contributed by atoms with E-state index < -0.39 is 0 Å². The Morgan fingerprint density at radius 2 is 2.00 bits per heavy atom. The number of phenols is 1. The lowest BCUT2D eigenvalue weighted by Crippen LogP contribution is -1.98. The molecule has 0 bridgehead atoms. The van der Waals surface area contributed by atoms with Gasteiger partial charge in [0.1, 0.15) is 17.3 Å². The molecule has 0 aliphatic carbocycles. The van der Waals surface area contributed by atoms with Crippen LogP contribution < -0.4 is 5.32 Å². The van der Waals surface area contributed by atoms with E-state index in [-0.39, 0.29) is 0 Å². The van der Waals surface area contributed by atoms with Gasteiger partial charge in [-0.15, -0.1) is 0 Å². The third kappa shape index (κ3) is 3.23. The third-order valence-corrected chi connectivity index (χ3v) is 3.24. The molecule has 1 aromatic carbocycles. The van der Waals surface area contributed by atoms with Gasteiger partial charge in [-0.2, -0.15) is 11.8 Å². The lowest BCUT2D eigenvalue weighted by Gasteiger charge is -2.06. The van der Waals surface area contributed by atoms with Crippen LogP contribution in [0.1, 0.15) is 17.1 Å². The zero-order valence-corrected chi connectivity index (χ0v) is 11.4. The third-order valence-electron chi connectivity index (χ3n) is 2.67. The van der Waals surface area contributed by atoms with Crippen LogP contribution in [0.15, 0.2) is 34.7 Å². The zero-order chi connectivity index (χ0) is 13.0. The van der Waals surface area contributed by atoms with Crippen LogP contribution in [0.3, 0.4) is 0 Å². The molecule has 18 heavy (non-hydrogen) atoms. The number of phenolic OH excluding ortho intramolecular Hbond substituents is 1. The molecule has 0 saturated heterocycles. The lowest BCUT2D eigenvalue weighted by molar-refractivity contribution is 0.471. The SMILES string of the molecule is CSCc1ccc(CNc2ccc(O)c(C)c2)o1. The fourth-order valence-electron chi connectivity index (χ4n) is 1.69. The molecular weight excluding hydrogens is 246 g/mol. The van der Waals surface area contributed by atoms with E-state index >= 15 is 0 Å². The van der Waals surface area contributed by atoms with Crippen molar-refractivity contribution in [3.8, 4) is 5.75 Å². The van der Waals surface area contributed by atoms with Crippen molar-refractivity contribution < 1.29 is 9.52 Å². The highest BCUT2D eigenvalue weighted by atomic mass is 32.2. The molecule has 0 amide bonds. The standard InChI is InChI=1S/C14H17NO2S/c1-10-7-11(3-6-14(10)16)15-8-12-4-5-13(17-12)9-18-2/h3-7,15-16H,8-9H2,1-2H3. The predicted molar refractivity (Wildman–Crippen MR) is 76.1 cm³/mol. The number of rotatable bonds is 5. The summed E-state index contributed by atoms with van der Waals surface area (Å²) < 4.78 is 5.67. The lowest BCUT2D eigenvalue weighted by atomic mass is 10.2. The van der Waals surface area contributed by atoms with E-state index in [9.17, 15) is 5.11 Å². The van der Waals surface area contributed by atoms with Gasteiger partial charge in [0.15, 0.2) is 0 Å². The molecule has 0 spiro atoms. The Hall–Kier alpha value is -1.55. The summed E-state index contributed by atoms with van der Waals surface area (Å²) >= 11 is 1.74.